The lowest BCUT2D eigenvalue weighted by atomic mass is 10.2. The van der Waals surface area contributed by atoms with Gasteiger partial charge in [-0.15, -0.1) is 0 Å². The van der Waals surface area contributed by atoms with E-state index in [1.165, 1.54) is 31.6 Å². The molecule has 4 aromatic rings. The van der Waals surface area contributed by atoms with Crippen LogP contribution in [0.25, 0.3) is 11.4 Å². The second kappa shape index (κ2) is 10.5. The van der Waals surface area contributed by atoms with Gasteiger partial charge in [-0.2, -0.15) is 0 Å². The third kappa shape index (κ3) is 5.81. The number of hydrogen-bond donors (Lipinski definition) is 4. The fourth-order valence-corrected chi connectivity index (χ4v) is 3.26. The Balaban J connectivity index is 1.42. The summed E-state index contributed by atoms with van der Waals surface area (Å²) in [6.45, 7) is 0.339. The van der Waals surface area contributed by atoms with Gasteiger partial charge < -0.3 is 30.8 Å². The van der Waals surface area contributed by atoms with E-state index in [0.717, 1.165) is 11.6 Å². The summed E-state index contributed by atoms with van der Waals surface area (Å²) in [5.74, 6) is -0.513. The van der Waals surface area contributed by atoms with Gasteiger partial charge >= 0.3 is 12.0 Å². The number of H-pyrrole nitrogens is 1. The Labute approximate surface area is 200 Å². The minimum absolute atomic E-state index is 0.0121. The van der Waals surface area contributed by atoms with Gasteiger partial charge in [0.05, 0.1) is 29.7 Å². The summed E-state index contributed by atoms with van der Waals surface area (Å²) in [6.07, 6.45) is 3.04. The smallest absolute Gasteiger partial charge is 0.339 e. The number of nitrogens with one attached hydrogen (secondary N) is 3. The molecule has 0 bridgehead atoms. The van der Waals surface area contributed by atoms with Crippen molar-refractivity contribution in [2.24, 2.45) is 5.73 Å². The Hall–Kier alpha value is -4.70. The van der Waals surface area contributed by atoms with Crippen molar-refractivity contribution in [1.82, 2.24) is 9.97 Å². The number of hydrogen-bond acceptors (Lipinski definition) is 6. The Morgan fingerprint density at radius 2 is 1.89 bits per heavy atom. The van der Waals surface area contributed by atoms with E-state index >= 15 is 0 Å². The van der Waals surface area contributed by atoms with Crippen LogP contribution in [-0.2, 0) is 11.3 Å². The molecule has 0 aliphatic heterocycles. The first-order valence-corrected chi connectivity index (χ1v) is 10.5. The molecule has 2 heterocycles. The molecule has 0 aliphatic carbocycles. The highest BCUT2D eigenvalue weighted by Crippen LogP contribution is 2.28. The van der Waals surface area contributed by atoms with Crippen LogP contribution >= 0.6 is 0 Å². The van der Waals surface area contributed by atoms with E-state index in [-0.39, 0.29) is 11.4 Å². The van der Waals surface area contributed by atoms with Crippen LogP contribution in [0.15, 0.2) is 73.1 Å². The van der Waals surface area contributed by atoms with Crippen LogP contribution in [0.5, 0.6) is 11.5 Å². The molecule has 0 aliphatic rings. The molecular formula is C25H22FN5O4. The number of carbonyl (C=O) groups is 2. The highest BCUT2D eigenvalue weighted by Gasteiger charge is 2.12. The molecule has 2 aromatic heterocycles. The van der Waals surface area contributed by atoms with E-state index in [9.17, 15) is 14.0 Å². The number of pyridine rings is 1. The monoisotopic (exact) mass is 475 g/mol. The summed E-state index contributed by atoms with van der Waals surface area (Å²) < 4.78 is 25.1. The largest absolute Gasteiger partial charge is 0.465 e. The fourth-order valence-electron chi connectivity index (χ4n) is 3.26. The normalized spacial score (nSPS) is 10.5. The molecule has 9 nitrogen and oxygen atoms in total. The van der Waals surface area contributed by atoms with E-state index in [0.29, 0.717) is 34.9 Å². The second-order valence-corrected chi connectivity index (χ2v) is 7.40. The van der Waals surface area contributed by atoms with Gasteiger partial charge in [0.15, 0.2) is 0 Å². The van der Waals surface area contributed by atoms with Crippen molar-refractivity contribution >= 4 is 23.4 Å². The van der Waals surface area contributed by atoms with E-state index in [2.05, 4.69) is 20.6 Å². The number of amides is 2. The number of aromatic nitrogens is 2. The van der Waals surface area contributed by atoms with Crippen LogP contribution in [0, 0.1) is 5.82 Å². The first-order valence-electron chi connectivity index (χ1n) is 10.5. The maximum Gasteiger partial charge on any atom is 0.339 e. The van der Waals surface area contributed by atoms with Gasteiger partial charge in [-0.3, -0.25) is 4.98 Å². The molecule has 0 atom stereocenters. The van der Waals surface area contributed by atoms with Crippen molar-refractivity contribution in [3.8, 4) is 22.9 Å². The maximum atomic E-state index is 14.6. The van der Waals surface area contributed by atoms with Crippen LogP contribution in [-0.4, -0.2) is 29.1 Å². The van der Waals surface area contributed by atoms with Crippen LogP contribution in [0.4, 0.5) is 20.6 Å². The lowest BCUT2D eigenvalue weighted by Gasteiger charge is -2.11. The van der Waals surface area contributed by atoms with E-state index in [1.54, 1.807) is 36.4 Å². The lowest BCUT2D eigenvalue weighted by Crippen LogP contribution is -2.20. The number of halogens is 1. The van der Waals surface area contributed by atoms with Gasteiger partial charge in [-0.05, 0) is 42.0 Å². The number of benzene rings is 2. The van der Waals surface area contributed by atoms with Gasteiger partial charge in [0.1, 0.15) is 17.3 Å². The number of aromatic amines is 1. The van der Waals surface area contributed by atoms with Gasteiger partial charge in [0, 0.05) is 36.8 Å². The molecule has 10 heteroatoms. The Bertz CT molecular complexity index is 1370. The van der Waals surface area contributed by atoms with Crippen molar-refractivity contribution in [1.29, 1.82) is 0 Å². The molecule has 0 fully saturated rings. The van der Waals surface area contributed by atoms with Crippen molar-refractivity contribution in [3.63, 3.8) is 0 Å². The highest BCUT2D eigenvalue weighted by atomic mass is 19.1. The Kier molecular flexibility index (Phi) is 7.03. The molecule has 0 unspecified atom stereocenters. The van der Waals surface area contributed by atoms with Crippen LogP contribution < -0.4 is 21.1 Å². The number of anilines is 2. The van der Waals surface area contributed by atoms with E-state index in [4.69, 9.17) is 15.2 Å². The number of nitrogens with two attached hydrogens (primary N) is 1. The highest BCUT2D eigenvalue weighted by molar-refractivity contribution is 5.99. The van der Waals surface area contributed by atoms with Crippen LogP contribution in [0.1, 0.15) is 15.9 Å². The number of urea groups is 1. The predicted molar refractivity (Wildman–Crippen MR) is 129 cm³/mol. The third-order valence-electron chi connectivity index (χ3n) is 4.96. The number of nitrogens with zero attached hydrogens (tertiary/aromatic N) is 1. The van der Waals surface area contributed by atoms with Crippen LogP contribution in [0.2, 0.25) is 0 Å². The van der Waals surface area contributed by atoms with E-state index < -0.39 is 17.8 Å². The summed E-state index contributed by atoms with van der Waals surface area (Å²) in [7, 11) is 1.30. The summed E-state index contributed by atoms with van der Waals surface area (Å²) in [4.78, 5) is 31.1. The Morgan fingerprint density at radius 3 is 2.66 bits per heavy atom. The topological polar surface area (TPSA) is 131 Å². The standard InChI is InChI=1S/C25H22FN5O4/c1-34-24(32)16-10-22(29-14-16)23-12-19(7-8-28-23)35-18-5-6-21(20(26)11-18)31-25(33)30-17-4-2-3-15(9-17)13-27/h2-12,14,29H,13,27H2,1H3,(H2,30,31,33). The molecule has 0 saturated heterocycles. The summed E-state index contributed by atoms with van der Waals surface area (Å²) in [5, 5.41) is 5.11. The average Bonchev–Trinajstić information content (AvgIpc) is 3.36. The molecule has 2 aromatic carbocycles. The molecule has 0 radical (unpaired) electrons. The molecule has 0 spiro atoms. The van der Waals surface area contributed by atoms with Gasteiger partial charge in [-0.1, -0.05) is 12.1 Å². The van der Waals surface area contributed by atoms with Gasteiger partial charge in [-0.25, -0.2) is 14.0 Å². The van der Waals surface area contributed by atoms with E-state index in [1.807, 2.05) is 6.07 Å². The molecular weight excluding hydrogens is 453 g/mol. The number of methoxy groups -OCH3 is 1. The maximum absolute atomic E-state index is 14.6. The number of carbonyl (C=O) groups excluding carboxylic acids is 2. The zero-order valence-corrected chi connectivity index (χ0v) is 18.7. The lowest BCUT2D eigenvalue weighted by molar-refractivity contribution is 0.0601. The first-order chi connectivity index (χ1) is 16.9. The molecule has 2 amide bonds. The second-order valence-electron chi connectivity index (χ2n) is 7.40. The number of ether oxygens (including phenoxy) is 2. The fraction of sp³-hybridized carbons (Fsp3) is 0.0800. The quantitative estimate of drug-likeness (QED) is 0.281. The Morgan fingerprint density at radius 1 is 1.06 bits per heavy atom. The van der Waals surface area contributed by atoms with Crippen molar-refractivity contribution < 1.29 is 23.5 Å². The SMILES string of the molecule is COC(=O)c1c[nH]c(-c2cc(Oc3ccc(NC(=O)Nc4cccc(CN)c4)c(F)c3)ccn2)c1. The van der Waals surface area contributed by atoms with Crippen molar-refractivity contribution in [3.05, 3.63) is 90.0 Å². The molecule has 35 heavy (non-hydrogen) atoms. The molecule has 0 saturated carbocycles. The summed E-state index contributed by atoms with van der Waals surface area (Å²) in [6, 6.07) is 15.4. The average molecular weight is 475 g/mol. The predicted octanol–water partition coefficient (Wildman–Crippen LogP) is 4.90. The van der Waals surface area contributed by atoms with Crippen LogP contribution in [0.3, 0.4) is 0 Å². The zero-order chi connectivity index (χ0) is 24.8. The summed E-state index contributed by atoms with van der Waals surface area (Å²) >= 11 is 0. The number of esters is 1. The molecule has 178 valence electrons. The minimum Gasteiger partial charge on any atom is -0.465 e. The van der Waals surface area contributed by atoms with Gasteiger partial charge in [0.2, 0.25) is 0 Å². The van der Waals surface area contributed by atoms with Gasteiger partial charge in [0.25, 0.3) is 0 Å². The summed E-state index contributed by atoms with van der Waals surface area (Å²) in [5.41, 5.74) is 8.46. The number of rotatable bonds is 7. The first kappa shape index (κ1) is 23.5. The van der Waals surface area contributed by atoms with Crippen molar-refractivity contribution in [2.75, 3.05) is 17.7 Å². The third-order valence-corrected chi connectivity index (χ3v) is 4.96. The minimum atomic E-state index is -0.672. The zero-order valence-electron chi connectivity index (χ0n) is 18.7. The van der Waals surface area contributed by atoms with Crippen molar-refractivity contribution in [2.45, 2.75) is 6.54 Å². The molecule has 5 N–H and O–H groups in total. The molecule has 4 rings (SSSR count).